The second-order valence-corrected chi connectivity index (χ2v) is 8.26. The summed E-state index contributed by atoms with van der Waals surface area (Å²) in [5.41, 5.74) is 9.83. The fourth-order valence-corrected chi connectivity index (χ4v) is 4.00. The molecule has 2 atom stereocenters. The lowest BCUT2D eigenvalue weighted by molar-refractivity contribution is -0.137. The van der Waals surface area contributed by atoms with Gasteiger partial charge < -0.3 is 20.3 Å². The van der Waals surface area contributed by atoms with Gasteiger partial charge in [-0.3, -0.25) is 4.79 Å². The van der Waals surface area contributed by atoms with E-state index in [1.54, 1.807) is 0 Å². The average molecular weight is 367 g/mol. The molecule has 1 fully saturated rings. The van der Waals surface area contributed by atoms with Crippen LogP contribution in [-0.2, 0) is 17.8 Å². The van der Waals surface area contributed by atoms with Gasteiger partial charge >= 0.3 is 5.97 Å². The molecule has 0 amide bonds. The first-order valence-electron chi connectivity index (χ1n) is 9.35. The van der Waals surface area contributed by atoms with Crippen molar-refractivity contribution in [2.45, 2.75) is 51.2 Å². The Morgan fingerprint density at radius 1 is 1.30 bits per heavy atom. The number of carboxylic acids is 1. The maximum absolute atomic E-state index is 10.8. The number of benzene rings is 2. The van der Waals surface area contributed by atoms with E-state index in [-0.39, 0.29) is 17.9 Å². The number of carboxylic acid groups (broad SMARTS) is 1. The highest BCUT2D eigenvalue weighted by Crippen LogP contribution is 2.49. The molecule has 5 heteroatoms. The zero-order valence-electron chi connectivity index (χ0n) is 15.7. The largest absolute Gasteiger partial charge is 0.489 e. The van der Waals surface area contributed by atoms with Gasteiger partial charge in [-0.05, 0) is 61.9 Å². The second-order valence-electron chi connectivity index (χ2n) is 8.26. The molecule has 0 radical (unpaired) electrons. The Kier molecular flexibility index (Phi) is 4.25. The van der Waals surface area contributed by atoms with E-state index in [9.17, 15) is 4.79 Å². The third-order valence-corrected chi connectivity index (χ3v) is 5.32. The highest BCUT2D eigenvalue weighted by Gasteiger charge is 2.39. The van der Waals surface area contributed by atoms with E-state index in [2.05, 4.69) is 13.8 Å². The minimum Gasteiger partial charge on any atom is -0.489 e. The van der Waals surface area contributed by atoms with Crippen LogP contribution in [0.15, 0.2) is 36.4 Å². The van der Waals surface area contributed by atoms with Gasteiger partial charge in [0.25, 0.3) is 0 Å². The molecular weight excluding hydrogens is 342 g/mol. The van der Waals surface area contributed by atoms with Gasteiger partial charge in [-0.15, -0.1) is 0 Å². The van der Waals surface area contributed by atoms with Crippen molar-refractivity contribution in [1.82, 2.24) is 0 Å². The van der Waals surface area contributed by atoms with Crippen molar-refractivity contribution in [1.29, 1.82) is 0 Å². The van der Waals surface area contributed by atoms with Crippen LogP contribution in [-0.4, -0.2) is 16.7 Å². The number of nitrogen functional groups attached to an aromatic ring is 1. The normalized spacial score (nSPS) is 22.0. The first-order valence-corrected chi connectivity index (χ1v) is 9.35. The number of hydrogen-bond acceptors (Lipinski definition) is 4. The summed E-state index contributed by atoms with van der Waals surface area (Å²) in [5, 5.41) is 8.89. The van der Waals surface area contributed by atoms with Crippen LogP contribution in [0.4, 0.5) is 5.69 Å². The molecule has 2 aliphatic rings. The molecular formula is C22H25NO4. The highest BCUT2D eigenvalue weighted by molar-refractivity contribution is 5.68. The fraction of sp³-hybridized carbons (Fsp3) is 0.409. The molecule has 3 N–H and O–H groups in total. The van der Waals surface area contributed by atoms with Crippen molar-refractivity contribution < 1.29 is 19.4 Å². The summed E-state index contributed by atoms with van der Waals surface area (Å²) in [4.78, 5) is 10.8. The van der Waals surface area contributed by atoms with E-state index >= 15 is 0 Å². The van der Waals surface area contributed by atoms with Crippen molar-refractivity contribution in [2.24, 2.45) is 5.92 Å². The lowest BCUT2D eigenvalue weighted by Crippen LogP contribution is -2.25. The zero-order valence-corrected chi connectivity index (χ0v) is 15.7. The third kappa shape index (κ3) is 3.87. The third-order valence-electron chi connectivity index (χ3n) is 5.32. The first kappa shape index (κ1) is 17.7. The minimum absolute atomic E-state index is 0.219. The van der Waals surface area contributed by atoms with E-state index in [1.165, 1.54) is 5.56 Å². The number of anilines is 1. The Morgan fingerprint density at radius 2 is 2.04 bits per heavy atom. The van der Waals surface area contributed by atoms with Crippen LogP contribution in [0.1, 0.15) is 49.3 Å². The summed E-state index contributed by atoms with van der Waals surface area (Å²) in [7, 11) is 0. The molecule has 0 saturated heterocycles. The van der Waals surface area contributed by atoms with Crippen LogP contribution >= 0.6 is 0 Å². The van der Waals surface area contributed by atoms with E-state index < -0.39 is 5.97 Å². The number of nitrogens with two attached hydrogens (primary N) is 1. The van der Waals surface area contributed by atoms with Crippen LogP contribution in [0, 0.1) is 5.92 Å². The molecule has 5 nitrogen and oxygen atoms in total. The molecule has 0 spiro atoms. The summed E-state index contributed by atoms with van der Waals surface area (Å²) < 4.78 is 12.0. The van der Waals surface area contributed by atoms with Gasteiger partial charge in [-0.25, -0.2) is 0 Å². The van der Waals surface area contributed by atoms with Crippen LogP contribution in [0.25, 0.3) is 0 Å². The molecule has 27 heavy (non-hydrogen) atoms. The van der Waals surface area contributed by atoms with Gasteiger partial charge in [-0.1, -0.05) is 12.1 Å². The summed E-state index contributed by atoms with van der Waals surface area (Å²) in [6.07, 6.45) is 2.04. The monoisotopic (exact) mass is 367 g/mol. The summed E-state index contributed by atoms with van der Waals surface area (Å²) in [6, 6.07) is 11.9. The molecule has 1 aliphatic carbocycles. The Bertz CT molecular complexity index is 873. The second kappa shape index (κ2) is 6.48. The Balaban J connectivity index is 1.41. The number of ether oxygens (including phenoxy) is 2. The molecule has 1 heterocycles. The first-order chi connectivity index (χ1) is 12.8. The van der Waals surface area contributed by atoms with E-state index in [0.717, 1.165) is 41.2 Å². The molecule has 2 unspecified atom stereocenters. The number of fused-ring (bicyclic) bond motifs is 1. The number of rotatable bonds is 6. The Morgan fingerprint density at radius 3 is 2.74 bits per heavy atom. The molecule has 2 aromatic rings. The van der Waals surface area contributed by atoms with Gasteiger partial charge in [-0.2, -0.15) is 0 Å². The quantitative estimate of drug-likeness (QED) is 0.750. The van der Waals surface area contributed by atoms with Crippen molar-refractivity contribution in [3.8, 4) is 11.5 Å². The molecule has 1 saturated carbocycles. The highest BCUT2D eigenvalue weighted by atomic mass is 16.5. The van der Waals surface area contributed by atoms with Crippen molar-refractivity contribution in [3.63, 3.8) is 0 Å². The smallest absolute Gasteiger partial charge is 0.303 e. The standard InChI is InChI=1S/C22H25NO4/c1-22(2)11-15-7-17(23)8-16(21(15)27-22)12-26-18-5-3-13(4-6-18)19-9-14(19)10-20(24)25/h3-8,14,19H,9-12,23H2,1-2H3,(H,24,25). The number of carbonyl (C=O) groups is 1. The molecule has 4 rings (SSSR count). The predicted octanol–water partition coefficient (Wildman–Crippen LogP) is 4.14. The SMILES string of the molecule is CC1(C)Cc2cc(N)cc(COc3ccc(C4CC4CC(=O)O)cc3)c2O1. The van der Waals surface area contributed by atoms with Crippen LogP contribution in [0.2, 0.25) is 0 Å². The van der Waals surface area contributed by atoms with Crippen molar-refractivity contribution >= 4 is 11.7 Å². The topological polar surface area (TPSA) is 81.8 Å². The summed E-state index contributed by atoms with van der Waals surface area (Å²) in [6.45, 7) is 4.54. The molecule has 2 aromatic carbocycles. The summed E-state index contributed by atoms with van der Waals surface area (Å²) in [5.74, 6) is 1.58. The van der Waals surface area contributed by atoms with Gasteiger partial charge in [0.15, 0.2) is 0 Å². The Hall–Kier alpha value is -2.69. The fourth-order valence-electron chi connectivity index (χ4n) is 4.00. The maximum atomic E-state index is 10.8. The van der Waals surface area contributed by atoms with Gasteiger partial charge in [0.2, 0.25) is 0 Å². The van der Waals surface area contributed by atoms with Gasteiger partial charge in [0, 0.05) is 29.7 Å². The average Bonchev–Trinajstić information content (AvgIpc) is 3.26. The number of hydrogen-bond donors (Lipinski definition) is 2. The molecule has 0 aromatic heterocycles. The molecule has 142 valence electrons. The van der Waals surface area contributed by atoms with E-state index in [0.29, 0.717) is 12.5 Å². The van der Waals surface area contributed by atoms with Gasteiger partial charge in [0.05, 0.1) is 0 Å². The lowest BCUT2D eigenvalue weighted by atomic mass is 10.00. The van der Waals surface area contributed by atoms with Crippen molar-refractivity contribution in [3.05, 3.63) is 53.1 Å². The molecule has 1 aliphatic heterocycles. The minimum atomic E-state index is -0.720. The number of aliphatic carboxylic acids is 1. The van der Waals surface area contributed by atoms with Crippen molar-refractivity contribution in [2.75, 3.05) is 5.73 Å². The van der Waals surface area contributed by atoms with Crippen LogP contribution < -0.4 is 15.2 Å². The van der Waals surface area contributed by atoms with E-state index in [1.807, 2.05) is 36.4 Å². The molecule has 0 bridgehead atoms. The van der Waals surface area contributed by atoms with Crippen LogP contribution in [0.5, 0.6) is 11.5 Å². The predicted molar refractivity (Wildman–Crippen MR) is 103 cm³/mol. The summed E-state index contributed by atoms with van der Waals surface area (Å²) >= 11 is 0. The Labute approximate surface area is 159 Å². The maximum Gasteiger partial charge on any atom is 0.303 e. The van der Waals surface area contributed by atoms with E-state index in [4.69, 9.17) is 20.3 Å². The zero-order chi connectivity index (χ0) is 19.2. The lowest BCUT2D eigenvalue weighted by Gasteiger charge is -2.18. The van der Waals surface area contributed by atoms with Crippen LogP contribution in [0.3, 0.4) is 0 Å². The van der Waals surface area contributed by atoms with Gasteiger partial charge in [0.1, 0.15) is 23.7 Å².